The van der Waals surface area contributed by atoms with Crippen LogP contribution in [0.1, 0.15) is 52.9 Å². The quantitative estimate of drug-likeness (QED) is 0.576. The van der Waals surface area contributed by atoms with Crippen LogP contribution in [-0.2, 0) is 14.3 Å². The van der Waals surface area contributed by atoms with Gasteiger partial charge in [0.05, 0.1) is 4.83 Å². The molecule has 19 heavy (non-hydrogen) atoms. The number of hydrogen-bond acceptors (Lipinski definition) is 3. The third-order valence-corrected chi connectivity index (χ3v) is 3.80. The first-order chi connectivity index (χ1) is 8.79. The number of amides is 1. The molecule has 1 saturated heterocycles. The molecule has 1 atom stereocenters. The van der Waals surface area contributed by atoms with Crippen LogP contribution >= 0.6 is 15.9 Å². The van der Waals surface area contributed by atoms with Gasteiger partial charge < -0.3 is 9.64 Å². The Kier molecular flexibility index (Phi) is 6.30. The molecular weight excluding hydrogens is 310 g/mol. The number of ether oxygens (including phenoxy) is 1. The Balaban J connectivity index is 2.61. The van der Waals surface area contributed by atoms with E-state index < -0.39 is 5.60 Å². The average molecular weight is 334 g/mol. The Morgan fingerprint density at radius 2 is 1.95 bits per heavy atom. The van der Waals surface area contributed by atoms with E-state index in [9.17, 15) is 9.59 Å². The third-order valence-electron chi connectivity index (χ3n) is 2.96. The van der Waals surface area contributed by atoms with E-state index in [1.807, 2.05) is 20.8 Å². The molecule has 0 radical (unpaired) electrons. The molecule has 0 saturated carbocycles. The summed E-state index contributed by atoms with van der Waals surface area (Å²) in [6, 6.07) is 0. The van der Waals surface area contributed by atoms with Crippen molar-refractivity contribution in [3.8, 4) is 0 Å². The standard InChI is InChI=1S/C14H24BrNO3/c1-14(2,3)19-12(17)10-16-9-7-5-4-6-8-11(15)13(16)18/h11H,4-10H2,1-3H3. The van der Waals surface area contributed by atoms with Crippen LogP contribution < -0.4 is 0 Å². The van der Waals surface area contributed by atoms with E-state index in [1.165, 1.54) is 0 Å². The van der Waals surface area contributed by atoms with Crippen molar-refractivity contribution in [2.24, 2.45) is 0 Å². The zero-order valence-corrected chi connectivity index (χ0v) is 13.7. The van der Waals surface area contributed by atoms with Crippen LogP contribution in [0.2, 0.25) is 0 Å². The average Bonchev–Trinajstić information content (AvgIpc) is 2.33. The topological polar surface area (TPSA) is 46.6 Å². The highest BCUT2D eigenvalue weighted by atomic mass is 79.9. The molecule has 4 nitrogen and oxygen atoms in total. The van der Waals surface area contributed by atoms with Crippen molar-refractivity contribution in [2.75, 3.05) is 13.1 Å². The lowest BCUT2D eigenvalue weighted by atomic mass is 10.1. The fourth-order valence-corrected chi connectivity index (χ4v) is 2.71. The van der Waals surface area contributed by atoms with Gasteiger partial charge in [-0.05, 0) is 33.6 Å². The Bertz CT molecular complexity index is 325. The molecule has 110 valence electrons. The zero-order valence-electron chi connectivity index (χ0n) is 12.1. The van der Waals surface area contributed by atoms with Gasteiger partial charge in [-0.3, -0.25) is 9.59 Å². The molecule has 0 spiro atoms. The second kappa shape index (κ2) is 7.27. The molecule has 0 N–H and O–H groups in total. The molecule has 1 rings (SSSR count). The van der Waals surface area contributed by atoms with Crippen molar-refractivity contribution in [1.82, 2.24) is 4.90 Å². The monoisotopic (exact) mass is 333 g/mol. The predicted octanol–water partition coefficient (Wildman–Crippen LogP) is 2.88. The Hall–Kier alpha value is -0.580. The van der Waals surface area contributed by atoms with Crippen LogP contribution in [0.25, 0.3) is 0 Å². The molecule has 0 aliphatic carbocycles. The summed E-state index contributed by atoms with van der Waals surface area (Å²) in [5.74, 6) is -0.326. The summed E-state index contributed by atoms with van der Waals surface area (Å²) in [4.78, 5) is 25.5. The fourth-order valence-electron chi connectivity index (χ4n) is 2.10. The molecule has 0 aromatic heterocycles. The summed E-state index contributed by atoms with van der Waals surface area (Å²) < 4.78 is 5.28. The van der Waals surface area contributed by atoms with E-state index >= 15 is 0 Å². The number of alkyl halides is 1. The molecule has 1 heterocycles. The van der Waals surface area contributed by atoms with Gasteiger partial charge in [0.1, 0.15) is 12.1 Å². The number of carbonyl (C=O) groups is 2. The van der Waals surface area contributed by atoms with Gasteiger partial charge in [-0.15, -0.1) is 0 Å². The molecule has 0 bridgehead atoms. The lowest BCUT2D eigenvalue weighted by molar-refractivity contribution is -0.158. The SMILES string of the molecule is CC(C)(C)OC(=O)CN1CCCCCCC(Br)C1=O. The van der Waals surface area contributed by atoms with E-state index in [2.05, 4.69) is 15.9 Å². The highest BCUT2D eigenvalue weighted by Gasteiger charge is 2.26. The van der Waals surface area contributed by atoms with Crippen molar-refractivity contribution < 1.29 is 14.3 Å². The number of nitrogens with zero attached hydrogens (tertiary/aromatic N) is 1. The number of esters is 1. The summed E-state index contributed by atoms with van der Waals surface area (Å²) in [6.07, 6.45) is 5.10. The second-order valence-electron chi connectivity index (χ2n) is 6.02. The maximum absolute atomic E-state index is 12.2. The van der Waals surface area contributed by atoms with Gasteiger partial charge >= 0.3 is 5.97 Å². The van der Waals surface area contributed by atoms with Gasteiger partial charge in [0.25, 0.3) is 0 Å². The smallest absolute Gasteiger partial charge is 0.326 e. The lowest BCUT2D eigenvalue weighted by Gasteiger charge is -2.26. The van der Waals surface area contributed by atoms with Crippen LogP contribution in [0.4, 0.5) is 0 Å². The number of carbonyl (C=O) groups excluding carboxylic acids is 2. The molecule has 1 aliphatic heterocycles. The molecule has 0 aromatic carbocycles. The summed E-state index contributed by atoms with van der Waals surface area (Å²) in [5.41, 5.74) is -0.506. The van der Waals surface area contributed by atoms with Crippen molar-refractivity contribution >= 4 is 27.8 Å². The van der Waals surface area contributed by atoms with Crippen molar-refractivity contribution in [2.45, 2.75) is 63.3 Å². The molecule has 1 aliphatic rings. The van der Waals surface area contributed by atoms with Crippen LogP contribution in [0.5, 0.6) is 0 Å². The van der Waals surface area contributed by atoms with Crippen molar-refractivity contribution in [3.05, 3.63) is 0 Å². The van der Waals surface area contributed by atoms with E-state index in [-0.39, 0.29) is 23.2 Å². The number of hydrogen-bond donors (Lipinski definition) is 0. The molecule has 1 amide bonds. The molecule has 1 fully saturated rings. The Morgan fingerprint density at radius 1 is 1.32 bits per heavy atom. The third kappa shape index (κ3) is 6.41. The second-order valence-corrected chi connectivity index (χ2v) is 7.12. The zero-order chi connectivity index (χ0) is 14.5. The number of halogens is 1. The summed E-state index contributed by atoms with van der Waals surface area (Å²) in [7, 11) is 0. The number of rotatable bonds is 2. The molecular formula is C14H24BrNO3. The van der Waals surface area contributed by atoms with Gasteiger partial charge in [0, 0.05) is 6.54 Å². The summed E-state index contributed by atoms with van der Waals surface area (Å²) in [5, 5.41) is 0. The minimum Gasteiger partial charge on any atom is -0.459 e. The van der Waals surface area contributed by atoms with Crippen LogP contribution in [-0.4, -0.2) is 40.3 Å². The molecule has 0 aromatic rings. The highest BCUT2D eigenvalue weighted by molar-refractivity contribution is 9.10. The first-order valence-corrected chi connectivity index (χ1v) is 7.86. The minimum absolute atomic E-state index is 0.00718. The largest absolute Gasteiger partial charge is 0.459 e. The van der Waals surface area contributed by atoms with Gasteiger partial charge in [-0.1, -0.05) is 35.2 Å². The molecule has 1 unspecified atom stereocenters. The first-order valence-electron chi connectivity index (χ1n) is 6.94. The normalized spacial score (nSPS) is 22.4. The van der Waals surface area contributed by atoms with Crippen LogP contribution in [0.3, 0.4) is 0 Å². The van der Waals surface area contributed by atoms with Crippen molar-refractivity contribution in [1.29, 1.82) is 0 Å². The van der Waals surface area contributed by atoms with E-state index in [1.54, 1.807) is 4.90 Å². The van der Waals surface area contributed by atoms with Crippen LogP contribution in [0, 0.1) is 0 Å². The summed E-state index contributed by atoms with van der Waals surface area (Å²) in [6.45, 7) is 6.19. The van der Waals surface area contributed by atoms with Crippen LogP contribution in [0.15, 0.2) is 0 Å². The van der Waals surface area contributed by atoms with Crippen molar-refractivity contribution in [3.63, 3.8) is 0 Å². The maximum atomic E-state index is 12.2. The fraction of sp³-hybridized carbons (Fsp3) is 0.857. The predicted molar refractivity (Wildman–Crippen MR) is 78.2 cm³/mol. The van der Waals surface area contributed by atoms with Gasteiger partial charge in [0.2, 0.25) is 5.91 Å². The summed E-state index contributed by atoms with van der Waals surface area (Å²) >= 11 is 3.42. The van der Waals surface area contributed by atoms with Gasteiger partial charge in [-0.25, -0.2) is 0 Å². The maximum Gasteiger partial charge on any atom is 0.326 e. The highest BCUT2D eigenvalue weighted by Crippen LogP contribution is 2.18. The minimum atomic E-state index is -0.506. The lowest BCUT2D eigenvalue weighted by Crippen LogP contribution is -2.42. The molecule has 5 heteroatoms. The first kappa shape index (κ1) is 16.5. The van der Waals surface area contributed by atoms with E-state index in [4.69, 9.17) is 4.74 Å². The Morgan fingerprint density at radius 3 is 2.58 bits per heavy atom. The van der Waals surface area contributed by atoms with E-state index in [0.717, 1.165) is 32.1 Å². The Labute approximate surface area is 124 Å². The van der Waals surface area contributed by atoms with Gasteiger partial charge in [-0.2, -0.15) is 0 Å². The van der Waals surface area contributed by atoms with E-state index in [0.29, 0.717) is 6.54 Å². The van der Waals surface area contributed by atoms with Gasteiger partial charge in [0.15, 0.2) is 0 Å².